The molecule has 1 aliphatic heterocycles. The minimum atomic E-state index is -0.254. The van der Waals surface area contributed by atoms with Crippen LogP contribution in [0.4, 0.5) is 0 Å². The predicted molar refractivity (Wildman–Crippen MR) is 67.6 cm³/mol. The summed E-state index contributed by atoms with van der Waals surface area (Å²) in [6.07, 6.45) is 0.877. The fourth-order valence-electron chi connectivity index (χ4n) is 2.16. The van der Waals surface area contributed by atoms with Gasteiger partial charge in [-0.15, -0.1) is 0 Å². The third kappa shape index (κ3) is 2.61. The maximum absolute atomic E-state index is 12.4. The van der Waals surface area contributed by atoms with Crippen LogP contribution in [0.25, 0.3) is 0 Å². The molecule has 1 aromatic rings. The smallest absolute Gasteiger partial charge is 0.270 e. The first-order valence-corrected chi connectivity index (χ1v) is 6.23. The maximum Gasteiger partial charge on any atom is 0.270 e. The molecule has 1 fully saturated rings. The van der Waals surface area contributed by atoms with Gasteiger partial charge >= 0.3 is 0 Å². The van der Waals surface area contributed by atoms with E-state index in [0.717, 1.165) is 6.42 Å². The van der Waals surface area contributed by atoms with Crippen LogP contribution in [0.3, 0.4) is 0 Å². The highest BCUT2D eigenvalue weighted by atomic mass is 16.5. The second kappa shape index (κ2) is 5.35. The van der Waals surface area contributed by atoms with Crippen molar-refractivity contribution in [1.82, 2.24) is 9.88 Å². The lowest BCUT2D eigenvalue weighted by Gasteiger charge is -2.38. The van der Waals surface area contributed by atoms with E-state index in [-0.39, 0.29) is 23.6 Å². The van der Waals surface area contributed by atoms with E-state index in [9.17, 15) is 9.59 Å². The third-order valence-electron chi connectivity index (χ3n) is 3.20. The van der Waals surface area contributed by atoms with Gasteiger partial charge < -0.3 is 14.6 Å². The van der Waals surface area contributed by atoms with Gasteiger partial charge in [-0.05, 0) is 19.4 Å². The van der Waals surface area contributed by atoms with E-state index < -0.39 is 0 Å². The van der Waals surface area contributed by atoms with E-state index in [0.29, 0.717) is 18.8 Å². The highest BCUT2D eigenvalue weighted by molar-refractivity contribution is 5.92. The van der Waals surface area contributed by atoms with Crippen LogP contribution in [-0.2, 0) is 4.74 Å². The SMILES string of the molecule is CCC1COC(C)CN1C(=O)c1cccc(=O)[nH]1. The number of amides is 1. The highest BCUT2D eigenvalue weighted by Crippen LogP contribution is 2.16. The Morgan fingerprint density at radius 1 is 1.56 bits per heavy atom. The molecule has 0 spiro atoms. The van der Waals surface area contributed by atoms with Gasteiger partial charge in [-0.1, -0.05) is 13.0 Å². The molecule has 1 aromatic heterocycles. The molecule has 0 aliphatic carbocycles. The number of nitrogens with zero attached hydrogens (tertiary/aromatic N) is 1. The Morgan fingerprint density at radius 3 is 3.00 bits per heavy atom. The minimum Gasteiger partial charge on any atom is -0.375 e. The standard InChI is InChI=1S/C13H18N2O3/c1-3-10-8-18-9(2)7-15(10)13(17)11-5-4-6-12(16)14-11/h4-6,9-10H,3,7-8H2,1-2H3,(H,14,16). The third-order valence-corrected chi connectivity index (χ3v) is 3.20. The molecule has 2 heterocycles. The van der Waals surface area contributed by atoms with Gasteiger partial charge in [0.15, 0.2) is 0 Å². The summed E-state index contributed by atoms with van der Waals surface area (Å²) in [7, 11) is 0. The Hall–Kier alpha value is -1.62. The van der Waals surface area contributed by atoms with Gasteiger partial charge in [-0.3, -0.25) is 9.59 Å². The lowest BCUT2D eigenvalue weighted by Crippen LogP contribution is -2.51. The number of aromatic amines is 1. The fourth-order valence-corrected chi connectivity index (χ4v) is 2.16. The van der Waals surface area contributed by atoms with Crippen molar-refractivity contribution < 1.29 is 9.53 Å². The van der Waals surface area contributed by atoms with E-state index in [1.54, 1.807) is 17.0 Å². The van der Waals surface area contributed by atoms with E-state index in [1.807, 2.05) is 13.8 Å². The van der Waals surface area contributed by atoms with Crippen molar-refractivity contribution in [2.24, 2.45) is 0 Å². The Bertz CT molecular complexity index is 483. The van der Waals surface area contributed by atoms with Crippen molar-refractivity contribution in [2.75, 3.05) is 13.2 Å². The van der Waals surface area contributed by atoms with E-state index in [4.69, 9.17) is 4.74 Å². The minimum absolute atomic E-state index is 0.0344. The van der Waals surface area contributed by atoms with Gasteiger partial charge in [0, 0.05) is 12.6 Å². The van der Waals surface area contributed by atoms with Crippen molar-refractivity contribution in [3.63, 3.8) is 0 Å². The predicted octanol–water partition coefficient (Wildman–Crippen LogP) is 1.01. The molecule has 1 N–H and O–H groups in total. The summed E-state index contributed by atoms with van der Waals surface area (Å²) in [4.78, 5) is 28.0. The van der Waals surface area contributed by atoms with Crippen molar-refractivity contribution in [3.05, 3.63) is 34.2 Å². The molecule has 2 unspecified atom stereocenters. The number of ether oxygens (including phenoxy) is 1. The van der Waals surface area contributed by atoms with Crippen molar-refractivity contribution in [3.8, 4) is 0 Å². The summed E-state index contributed by atoms with van der Waals surface area (Å²) in [6, 6.07) is 4.71. The largest absolute Gasteiger partial charge is 0.375 e. The van der Waals surface area contributed by atoms with Gasteiger partial charge in [0.2, 0.25) is 5.56 Å². The molecule has 0 bridgehead atoms. The summed E-state index contributed by atoms with van der Waals surface area (Å²) in [5.74, 6) is -0.130. The number of hydrogen-bond acceptors (Lipinski definition) is 3. The zero-order valence-corrected chi connectivity index (χ0v) is 10.7. The van der Waals surface area contributed by atoms with E-state index >= 15 is 0 Å². The first kappa shape index (κ1) is 12.8. The van der Waals surface area contributed by atoms with Crippen LogP contribution in [-0.4, -0.2) is 41.1 Å². The van der Waals surface area contributed by atoms with Crippen LogP contribution in [0, 0.1) is 0 Å². The average molecular weight is 250 g/mol. The van der Waals surface area contributed by atoms with Crippen molar-refractivity contribution in [1.29, 1.82) is 0 Å². The Labute approximate surface area is 106 Å². The molecule has 98 valence electrons. The van der Waals surface area contributed by atoms with Crippen molar-refractivity contribution >= 4 is 5.91 Å². The Morgan fingerprint density at radius 2 is 2.33 bits per heavy atom. The molecule has 1 saturated heterocycles. The molecule has 0 aromatic carbocycles. The summed E-state index contributed by atoms with van der Waals surface area (Å²) < 4.78 is 5.56. The zero-order chi connectivity index (χ0) is 13.1. The molecule has 2 atom stereocenters. The molecule has 0 radical (unpaired) electrons. The van der Waals surface area contributed by atoms with Gasteiger partial charge in [0.05, 0.1) is 18.8 Å². The first-order chi connectivity index (χ1) is 8.61. The number of morpholine rings is 1. The van der Waals surface area contributed by atoms with E-state index in [2.05, 4.69) is 4.98 Å². The lowest BCUT2D eigenvalue weighted by molar-refractivity contribution is -0.0446. The molecule has 5 nitrogen and oxygen atoms in total. The summed E-state index contributed by atoms with van der Waals surface area (Å²) >= 11 is 0. The lowest BCUT2D eigenvalue weighted by atomic mass is 10.1. The van der Waals surface area contributed by atoms with Crippen LogP contribution in [0.2, 0.25) is 0 Å². The van der Waals surface area contributed by atoms with Crippen LogP contribution in [0.1, 0.15) is 30.8 Å². The summed E-state index contributed by atoms with van der Waals surface area (Å²) in [5.41, 5.74) is 0.0882. The number of rotatable bonds is 2. The summed E-state index contributed by atoms with van der Waals surface area (Å²) in [5, 5.41) is 0. The number of carbonyl (C=O) groups excluding carboxylic acids is 1. The molecular formula is C13H18N2O3. The quantitative estimate of drug-likeness (QED) is 0.852. The Balaban J connectivity index is 2.23. The van der Waals surface area contributed by atoms with Gasteiger partial charge in [-0.25, -0.2) is 0 Å². The molecule has 5 heteroatoms. The number of nitrogens with one attached hydrogen (secondary N) is 1. The van der Waals surface area contributed by atoms with Crippen molar-refractivity contribution in [2.45, 2.75) is 32.4 Å². The summed E-state index contributed by atoms with van der Waals surface area (Å²) in [6.45, 7) is 5.09. The second-order valence-corrected chi connectivity index (χ2v) is 4.59. The number of carbonyl (C=O) groups is 1. The second-order valence-electron chi connectivity index (χ2n) is 4.59. The molecular weight excluding hydrogens is 232 g/mol. The average Bonchev–Trinajstić information content (AvgIpc) is 2.38. The molecule has 1 aliphatic rings. The van der Waals surface area contributed by atoms with Crippen LogP contribution >= 0.6 is 0 Å². The molecule has 2 rings (SSSR count). The number of H-pyrrole nitrogens is 1. The normalized spacial score (nSPS) is 24.0. The van der Waals surface area contributed by atoms with Gasteiger partial charge in [0.1, 0.15) is 5.69 Å². The van der Waals surface area contributed by atoms with Crippen LogP contribution in [0.15, 0.2) is 23.0 Å². The zero-order valence-electron chi connectivity index (χ0n) is 10.7. The van der Waals surface area contributed by atoms with E-state index in [1.165, 1.54) is 6.07 Å². The van der Waals surface area contributed by atoms with Gasteiger partial charge in [-0.2, -0.15) is 0 Å². The topological polar surface area (TPSA) is 62.4 Å². The number of hydrogen-bond donors (Lipinski definition) is 1. The maximum atomic E-state index is 12.4. The van der Waals surface area contributed by atoms with Crippen LogP contribution < -0.4 is 5.56 Å². The molecule has 0 saturated carbocycles. The molecule has 1 amide bonds. The van der Waals surface area contributed by atoms with Gasteiger partial charge in [0.25, 0.3) is 5.91 Å². The number of aromatic nitrogens is 1. The highest BCUT2D eigenvalue weighted by Gasteiger charge is 2.30. The monoisotopic (exact) mass is 250 g/mol. The fraction of sp³-hybridized carbons (Fsp3) is 0.538. The molecule has 18 heavy (non-hydrogen) atoms. The first-order valence-electron chi connectivity index (χ1n) is 6.23. The Kier molecular flexibility index (Phi) is 3.81. The number of pyridine rings is 1. The van der Waals surface area contributed by atoms with Crippen LogP contribution in [0.5, 0.6) is 0 Å².